The summed E-state index contributed by atoms with van der Waals surface area (Å²) in [5.41, 5.74) is 10.0. The molecule has 0 aliphatic carbocycles. The molecule has 0 aliphatic rings. The number of aliphatic carboxylic acids is 1. The number of allylic oxidation sites excluding steroid dienone is 1. The number of carboxylic acids is 1. The zero-order chi connectivity index (χ0) is 19.7. The van der Waals surface area contributed by atoms with Crippen LogP contribution in [0.2, 0.25) is 0 Å². The molecule has 7 nitrogen and oxygen atoms in total. The highest BCUT2D eigenvalue weighted by Crippen LogP contribution is 2.31. The van der Waals surface area contributed by atoms with Crippen LogP contribution in [0.1, 0.15) is 35.6 Å². The van der Waals surface area contributed by atoms with E-state index < -0.39 is 5.97 Å². The van der Waals surface area contributed by atoms with Crippen LogP contribution in [-0.4, -0.2) is 31.4 Å². The topological polar surface area (TPSA) is 111 Å². The number of carboxylic acid groups (broad SMARTS) is 1. The molecule has 3 rings (SSSR count). The fourth-order valence-corrected chi connectivity index (χ4v) is 3.14. The molecular weight excluding hydrogens is 344 g/mol. The number of aryl methyl sites for hydroxylation is 1. The molecule has 138 valence electrons. The van der Waals surface area contributed by atoms with Crippen LogP contribution in [0.4, 0.5) is 0 Å². The number of aromatic nitrogens is 3. The number of Topliss-reactive ketones (excluding diaryl/α,β-unsaturated/α-hetero) is 1. The SMILES string of the molecule is CC(=O)c1cn(CC(=O)O)c2c(C)cc(-c3cnc(C=C(C)N)nc3)cc12. The van der Waals surface area contributed by atoms with E-state index in [1.54, 1.807) is 36.2 Å². The minimum absolute atomic E-state index is 0.115. The van der Waals surface area contributed by atoms with E-state index in [-0.39, 0.29) is 12.3 Å². The second-order valence-corrected chi connectivity index (χ2v) is 6.53. The van der Waals surface area contributed by atoms with E-state index in [9.17, 15) is 9.59 Å². The molecule has 0 unspecified atom stereocenters. The molecule has 0 aliphatic heterocycles. The minimum Gasteiger partial charge on any atom is -0.480 e. The van der Waals surface area contributed by atoms with Crippen molar-refractivity contribution in [3.05, 3.63) is 53.4 Å². The first-order valence-corrected chi connectivity index (χ1v) is 8.38. The molecule has 0 amide bonds. The van der Waals surface area contributed by atoms with Gasteiger partial charge >= 0.3 is 5.97 Å². The highest BCUT2D eigenvalue weighted by atomic mass is 16.4. The molecule has 2 heterocycles. The van der Waals surface area contributed by atoms with Gasteiger partial charge in [0, 0.05) is 46.9 Å². The summed E-state index contributed by atoms with van der Waals surface area (Å²) in [4.78, 5) is 31.8. The van der Waals surface area contributed by atoms with Crippen molar-refractivity contribution in [2.45, 2.75) is 27.3 Å². The quantitative estimate of drug-likeness (QED) is 0.673. The maximum Gasteiger partial charge on any atom is 0.323 e. The molecule has 0 spiro atoms. The third kappa shape index (κ3) is 3.72. The van der Waals surface area contributed by atoms with Crippen molar-refractivity contribution in [3.63, 3.8) is 0 Å². The normalized spacial score (nSPS) is 11.7. The average Bonchev–Trinajstić information content (AvgIpc) is 2.93. The van der Waals surface area contributed by atoms with Crippen LogP contribution in [-0.2, 0) is 11.3 Å². The van der Waals surface area contributed by atoms with Gasteiger partial charge in [0.15, 0.2) is 11.6 Å². The van der Waals surface area contributed by atoms with E-state index in [0.29, 0.717) is 17.1 Å². The van der Waals surface area contributed by atoms with Gasteiger partial charge in [-0.05, 0) is 44.0 Å². The first-order chi connectivity index (χ1) is 12.8. The fraction of sp³-hybridized carbons (Fsp3) is 0.200. The van der Waals surface area contributed by atoms with E-state index >= 15 is 0 Å². The number of carbonyl (C=O) groups is 2. The number of hydrogen-bond acceptors (Lipinski definition) is 5. The van der Waals surface area contributed by atoms with Crippen LogP contribution < -0.4 is 5.73 Å². The predicted octanol–water partition coefficient (Wildman–Crippen LogP) is 3.01. The third-order valence-electron chi connectivity index (χ3n) is 4.21. The highest BCUT2D eigenvalue weighted by Gasteiger charge is 2.17. The Bertz CT molecular complexity index is 1070. The van der Waals surface area contributed by atoms with Gasteiger partial charge in [0.25, 0.3) is 0 Å². The second kappa shape index (κ2) is 7.03. The lowest BCUT2D eigenvalue weighted by Gasteiger charge is -2.08. The number of carbonyl (C=O) groups excluding carboxylic acids is 1. The van der Waals surface area contributed by atoms with E-state index in [0.717, 1.165) is 27.6 Å². The molecule has 0 bridgehead atoms. The van der Waals surface area contributed by atoms with E-state index in [4.69, 9.17) is 10.8 Å². The summed E-state index contributed by atoms with van der Waals surface area (Å²) in [5, 5.41) is 9.87. The number of benzene rings is 1. The lowest BCUT2D eigenvalue weighted by Crippen LogP contribution is -2.08. The van der Waals surface area contributed by atoms with E-state index in [1.165, 1.54) is 6.92 Å². The van der Waals surface area contributed by atoms with Crippen LogP contribution in [0.3, 0.4) is 0 Å². The largest absolute Gasteiger partial charge is 0.480 e. The Morgan fingerprint density at radius 2 is 1.85 bits per heavy atom. The number of fused-ring (bicyclic) bond motifs is 1. The Morgan fingerprint density at radius 1 is 1.19 bits per heavy atom. The molecular formula is C20H20N4O3. The number of rotatable bonds is 5. The Kier molecular flexibility index (Phi) is 4.77. The van der Waals surface area contributed by atoms with E-state index in [2.05, 4.69) is 9.97 Å². The lowest BCUT2D eigenvalue weighted by atomic mass is 10.0. The Labute approximate surface area is 156 Å². The molecule has 2 aromatic heterocycles. The fourth-order valence-electron chi connectivity index (χ4n) is 3.14. The standard InChI is InChI=1S/C20H20N4O3/c1-11-4-14(15-7-22-18(23-8-15)5-12(2)21)6-16-17(13(3)25)9-24(20(11)16)10-19(26)27/h4-9H,10,21H2,1-3H3,(H,26,27). The zero-order valence-electron chi connectivity index (χ0n) is 15.4. The molecule has 7 heteroatoms. The van der Waals surface area contributed by atoms with Crippen molar-refractivity contribution < 1.29 is 14.7 Å². The number of ketones is 1. The van der Waals surface area contributed by atoms with Gasteiger partial charge in [-0.2, -0.15) is 0 Å². The summed E-state index contributed by atoms with van der Waals surface area (Å²) in [6.07, 6.45) is 6.68. The second-order valence-electron chi connectivity index (χ2n) is 6.53. The Balaban J connectivity index is 2.16. The molecule has 0 atom stereocenters. The van der Waals surface area contributed by atoms with Crippen molar-refractivity contribution in [1.29, 1.82) is 0 Å². The molecule has 0 saturated carbocycles. The average molecular weight is 364 g/mol. The van der Waals surface area contributed by atoms with Crippen LogP contribution in [0, 0.1) is 6.92 Å². The maximum absolute atomic E-state index is 12.1. The number of nitrogens with zero attached hydrogens (tertiary/aromatic N) is 3. The molecule has 1 aromatic carbocycles. The molecule has 0 radical (unpaired) electrons. The van der Waals surface area contributed by atoms with Crippen molar-refractivity contribution in [3.8, 4) is 11.1 Å². The van der Waals surface area contributed by atoms with Crippen LogP contribution in [0.25, 0.3) is 28.1 Å². The molecule has 3 aromatic rings. The summed E-state index contributed by atoms with van der Waals surface area (Å²) in [6.45, 7) is 4.93. The monoisotopic (exact) mass is 364 g/mol. The number of nitrogens with two attached hydrogens (primary N) is 1. The van der Waals surface area contributed by atoms with Gasteiger partial charge in [0.05, 0.1) is 5.52 Å². The molecule has 0 fully saturated rings. The predicted molar refractivity (Wildman–Crippen MR) is 103 cm³/mol. The highest BCUT2D eigenvalue weighted by molar-refractivity contribution is 6.08. The van der Waals surface area contributed by atoms with Gasteiger partial charge in [-0.1, -0.05) is 0 Å². The summed E-state index contributed by atoms with van der Waals surface area (Å²) in [6, 6.07) is 3.81. The first kappa shape index (κ1) is 18.3. The van der Waals surface area contributed by atoms with Crippen molar-refractivity contribution in [2.75, 3.05) is 0 Å². The minimum atomic E-state index is -0.960. The van der Waals surface area contributed by atoms with E-state index in [1.807, 2.05) is 19.1 Å². The first-order valence-electron chi connectivity index (χ1n) is 8.38. The van der Waals surface area contributed by atoms with Crippen molar-refractivity contribution >= 4 is 28.7 Å². The van der Waals surface area contributed by atoms with Crippen LogP contribution in [0.15, 0.2) is 36.4 Å². The third-order valence-corrected chi connectivity index (χ3v) is 4.21. The maximum atomic E-state index is 12.1. The van der Waals surface area contributed by atoms with Crippen molar-refractivity contribution in [1.82, 2.24) is 14.5 Å². The smallest absolute Gasteiger partial charge is 0.323 e. The van der Waals surface area contributed by atoms with Gasteiger partial charge < -0.3 is 15.4 Å². The van der Waals surface area contributed by atoms with Gasteiger partial charge in [-0.25, -0.2) is 9.97 Å². The van der Waals surface area contributed by atoms with Gasteiger partial charge in [-0.15, -0.1) is 0 Å². The van der Waals surface area contributed by atoms with Gasteiger partial charge in [-0.3, -0.25) is 9.59 Å². The van der Waals surface area contributed by atoms with Crippen LogP contribution >= 0.6 is 0 Å². The van der Waals surface area contributed by atoms with Gasteiger partial charge in [0.2, 0.25) is 0 Å². The Morgan fingerprint density at radius 3 is 2.41 bits per heavy atom. The lowest BCUT2D eigenvalue weighted by molar-refractivity contribution is -0.137. The van der Waals surface area contributed by atoms with Crippen molar-refractivity contribution in [2.24, 2.45) is 5.73 Å². The van der Waals surface area contributed by atoms with Crippen LogP contribution in [0.5, 0.6) is 0 Å². The summed E-state index contributed by atoms with van der Waals surface area (Å²) >= 11 is 0. The molecule has 27 heavy (non-hydrogen) atoms. The molecule has 0 saturated heterocycles. The summed E-state index contributed by atoms with van der Waals surface area (Å²) < 4.78 is 1.60. The molecule has 3 N–H and O–H groups in total. The Hall–Kier alpha value is -3.48. The summed E-state index contributed by atoms with van der Waals surface area (Å²) in [7, 11) is 0. The number of hydrogen-bond donors (Lipinski definition) is 2. The van der Waals surface area contributed by atoms with Gasteiger partial charge in [0.1, 0.15) is 6.54 Å². The summed E-state index contributed by atoms with van der Waals surface area (Å²) in [5.74, 6) is -0.554. The zero-order valence-corrected chi connectivity index (χ0v) is 15.4.